The predicted molar refractivity (Wildman–Crippen MR) is 207 cm³/mol. The number of hydrogen-bond donors (Lipinski definition) is 2. The first-order chi connectivity index (χ1) is 25.3. The Kier molecular flexibility index (Phi) is 6.15. The zero-order chi connectivity index (χ0) is 33.5. The van der Waals surface area contributed by atoms with Crippen molar-refractivity contribution in [2.75, 3.05) is 10.1 Å². The van der Waals surface area contributed by atoms with E-state index in [9.17, 15) is 0 Å². The second-order valence-corrected chi connectivity index (χ2v) is 14.2. The van der Waals surface area contributed by atoms with Crippen LogP contribution in [0.25, 0.3) is 59.6 Å². The number of anilines is 2. The summed E-state index contributed by atoms with van der Waals surface area (Å²) in [5.41, 5.74) is 8.33. The smallest absolute Gasteiger partial charge is 0.212 e. The molecule has 2 aliphatic heterocycles. The van der Waals surface area contributed by atoms with Gasteiger partial charge in [0, 0.05) is 28.0 Å². The highest BCUT2D eigenvalue weighted by Gasteiger charge is 2.47. The van der Waals surface area contributed by atoms with Gasteiger partial charge in [-0.25, -0.2) is 15.0 Å². The molecule has 2 aliphatic rings. The monoisotopic (exact) mass is 698 g/mol. The van der Waals surface area contributed by atoms with E-state index >= 15 is 0 Å². The third-order valence-electron chi connectivity index (χ3n) is 9.47. The first-order valence-corrected chi connectivity index (χ1v) is 18.2. The fourth-order valence-corrected chi connectivity index (χ4v) is 8.74. The molecule has 1 unspecified atom stereocenters. The minimum absolute atomic E-state index is 0.557. The predicted octanol–water partition coefficient (Wildman–Crippen LogP) is 9.68. The summed E-state index contributed by atoms with van der Waals surface area (Å²) in [6.45, 7) is 0. The van der Waals surface area contributed by atoms with Crippen molar-refractivity contribution >= 4 is 93.3 Å². The van der Waals surface area contributed by atoms with E-state index in [1.807, 2.05) is 24.3 Å². The molecule has 4 aromatic heterocycles. The van der Waals surface area contributed by atoms with Gasteiger partial charge in [0.1, 0.15) is 28.3 Å². The largest absolute Gasteiger partial charge is 0.464 e. The van der Waals surface area contributed by atoms with Crippen LogP contribution in [0.4, 0.5) is 10.8 Å². The van der Waals surface area contributed by atoms with E-state index in [-0.39, 0.29) is 0 Å². The molecule has 5 aromatic carbocycles. The van der Waals surface area contributed by atoms with E-state index in [2.05, 4.69) is 150 Å². The van der Waals surface area contributed by atoms with Gasteiger partial charge in [-0.15, -0.1) is 5.10 Å². The van der Waals surface area contributed by atoms with Gasteiger partial charge >= 0.3 is 0 Å². The van der Waals surface area contributed by atoms with Crippen LogP contribution in [0.15, 0.2) is 134 Å². The van der Waals surface area contributed by atoms with E-state index in [0.717, 1.165) is 87.0 Å². The molecular formula is C40H26N8OS2. The quantitative estimate of drug-likeness (QED) is 0.185. The van der Waals surface area contributed by atoms with Gasteiger partial charge in [0.2, 0.25) is 11.4 Å². The number of hydrazine groups is 2. The number of nitrogens with one attached hydrogen (secondary N) is 2. The standard InChI is InChI=1S/C40H26N8OS2/c1-4-13-27-26(12-1)23-41-36(27)39-38(30-22-25-11-2-5-14-28(25)42-30)46(35-21-20-24-10-3-7-17-32(24)49-35)48(31-16-9-19-34-37(31)44-45-51-34)47(39)40-43-29-15-6-8-18-33(29)50-40/h1-23,35,41-42H. The number of rotatable bonds is 5. The van der Waals surface area contributed by atoms with Crippen molar-refractivity contribution in [3.8, 4) is 5.75 Å². The molecule has 0 aliphatic carbocycles. The summed E-state index contributed by atoms with van der Waals surface area (Å²) in [7, 11) is 0. The van der Waals surface area contributed by atoms with Gasteiger partial charge in [-0.2, -0.15) is 5.12 Å². The summed E-state index contributed by atoms with van der Waals surface area (Å²) in [5, 5.41) is 15.4. The molecule has 0 saturated carbocycles. The van der Waals surface area contributed by atoms with Gasteiger partial charge in [-0.3, -0.25) is 0 Å². The lowest BCUT2D eigenvalue weighted by Crippen LogP contribution is -2.52. The second kappa shape index (κ2) is 11.0. The second-order valence-electron chi connectivity index (χ2n) is 12.4. The minimum atomic E-state index is -0.557. The summed E-state index contributed by atoms with van der Waals surface area (Å²) in [6, 6.07) is 41.7. The summed E-state index contributed by atoms with van der Waals surface area (Å²) in [5.74, 6) is 0.805. The van der Waals surface area contributed by atoms with Crippen LogP contribution >= 0.6 is 22.9 Å². The Labute approximate surface area is 299 Å². The number of aromatic amines is 2. The Hall–Kier alpha value is -6.43. The Bertz CT molecular complexity index is 2800. The van der Waals surface area contributed by atoms with Crippen LogP contribution in [0.5, 0.6) is 5.75 Å². The number of ether oxygens (including phenoxy) is 1. The lowest BCUT2D eigenvalue weighted by Gasteiger charge is -2.41. The van der Waals surface area contributed by atoms with Crippen molar-refractivity contribution in [1.82, 2.24) is 29.5 Å². The van der Waals surface area contributed by atoms with Crippen molar-refractivity contribution in [2.45, 2.75) is 6.23 Å². The van der Waals surface area contributed by atoms with Crippen LogP contribution in [-0.4, -0.2) is 35.8 Å². The summed E-state index contributed by atoms with van der Waals surface area (Å²) >= 11 is 3.02. The van der Waals surface area contributed by atoms with Crippen LogP contribution in [0.2, 0.25) is 0 Å². The Balaban J connectivity index is 1.27. The van der Waals surface area contributed by atoms with Crippen LogP contribution in [0.1, 0.15) is 17.0 Å². The Morgan fingerprint density at radius 3 is 2.53 bits per heavy atom. The molecule has 9 nitrogen and oxygen atoms in total. The van der Waals surface area contributed by atoms with Gasteiger partial charge in [0.25, 0.3) is 0 Å². The average molecular weight is 699 g/mol. The van der Waals surface area contributed by atoms with Gasteiger partial charge in [-0.05, 0) is 71.5 Å². The number of fused-ring (bicyclic) bond motifs is 5. The number of thiazole rings is 1. The zero-order valence-electron chi connectivity index (χ0n) is 26.8. The highest BCUT2D eigenvalue weighted by molar-refractivity contribution is 7.22. The van der Waals surface area contributed by atoms with Crippen molar-refractivity contribution in [3.63, 3.8) is 0 Å². The SMILES string of the molecule is C1=CC(N2C(c3cc4ccccc4[nH]3)=C(c3[nH]cc4ccccc34)N(c3nc4ccccc4s3)N2c2cccc3snnc23)Oc2ccccc21. The maximum Gasteiger partial charge on any atom is 0.212 e. The fourth-order valence-electron chi connectivity index (χ4n) is 7.20. The van der Waals surface area contributed by atoms with Gasteiger partial charge < -0.3 is 14.7 Å². The molecule has 9 aromatic rings. The molecule has 6 heterocycles. The average Bonchev–Trinajstić information content (AvgIpc) is 4.01. The fraction of sp³-hybridized carbons (Fsp3) is 0.0250. The van der Waals surface area contributed by atoms with E-state index in [0.29, 0.717) is 0 Å². The maximum absolute atomic E-state index is 6.95. The Morgan fingerprint density at radius 2 is 1.59 bits per heavy atom. The number of benzene rings is 5. The molecule has 51 heavy (non-hydrogen) atoms. The number of nitrogens with zero attached hydrogens (tertiary/aromatic N) is 6. The number of H-pyrrole nitrogens is 2. The van der Waals surface area contributed by atoms with Crippen molar-refractivity contribution in [3.05, 3.63) is 151 Å². The van der Waals surface area contributed by atoms with Crippen LogP contribution in [0.3, 0.4) is 0 Å². The lowest BCUT2D eigenvalue weighted by atomic mass is 10.1. The van der Waals surface area contributed by atoms with Crippen LogP contribution in [-0.2, 0) is 0 Å². The van der Waals surface area contributed by atoms with E-state index < -0.39 is 6.23 Å². The first-order valence-electron chi connectivity index (χ1n) is 16.6. The highest BCUT2D eigenvalue weighted by Crippen LogP contribution is 2.50. The number of para-hydroxylation sites is 3. The number of hydrogen-bond acceptors (Lipinski definition) is 9. The minimum Gasteiger partial charge on any atom is -0.464 e. The molecule has 11 rings (SSSR count). The third kappa shape index (κ3) is 4.35. The molecule has 0 radical (unpaired) electrons. The summed E-state index contributed by atoms with van der Waals surface area (Å²) < 4.78 is 13.4. The first kappa shape index (κ1) is 28.4. The molecule has 0 saturated heterocycles. The Morgan fingerprint density at radius 1 is 0.765 bits per heavy atom. The molecular weight excluding hydrogens is 673 g/mol. The molecule has 2 N–H and O–H groups in total. The molecule has 0 spiro atoms. The van der Waals surface area contributed by atoms with E-state index in [4.69, 9.17) is 9.72 Å². The lowest BCUT2D eigenvalue weighted by molar-refractivity contribution is 0.105. The molecule has 0 amide bonds. The third-order valence-corrected chi connectivity index (χ3v) is 11.2. The summed E-state index contributed by atoms with van der Waals surface area (Å²) in [4.78, 5) is 12.8. The van der Waals surface area contributed by atoms with Gasteiger partial charge in [-0.1, -0.05) is 94.7 Å². The number of aromatic nitrogens is 5. The van der Waals surface area contributed by atoms with Crippen molar-refractivity contribution in [2.24, 2.45) is 0 Å². The highest BCUT2D eigenvalue weighted by atomic mass is 32.1. The van der Waals surface area contributed by atoms with Crippen molar-refractivity contribution in [1.29, 1.82) is 0 Å². The molecule has 0 fully saturated rings. The summed E-state index contributed by atoms with van der Waals surface area (Å²) in [6.07, 6.45) is 5.77. The van der Waals surface area contributed by atoms with E-state index in [1.165, 1.54) is 11.5 Å². The van der Waals surface area contributed by atoms with E-state index in [1.54, 1.807) is 11.3 Å². The van der Waals surface area contributed by atoms with Crippen LogP contribution < -0.4 is 14.9 Å². The van der Waals surface area contributed by atoms with Gasteiger partial charge in [0.05, 0.1) is 26.3 Å². The van der Waals surface area contributed by atoms with Crippen molar-refractivity contribution < 1.29 is 4.74 Å². The maximum atomic E-state index is 6.95. The van der Waals surface area contributed by atoms with Gasteiger partial charge in [0.15, 0.2) is 0 Å². The molecule has 0 bridgehead atoms. The molecule has 1 atom stereocenters. The molecule has 11 heteroatoms. The molecule has 244 valence electrons. The zero-order valence-corrected chi connectivity index (χ0v) is 28.4. The topological polar surface area (TPSA) is 89.2 Å². The normalized spacial score (nSPS) is 15.9. The van der Waals surface area contributed by atoms with Crippen LogP contribution in [0, 0.1) is 0 Å².